The van der Waals surface area contributed by atoms with Crippen LogP contribution >= 0.6 is 0 Å². The summed E-state index contributed by atoms with van der Waals surface area (Å²) in [4.78, 5) is 0. The Kier molecular flexibility index (Phi) is 132. The first kappa shape index (κ1) is 18.7. The van der Waals surface area contributed by atoms with Crippen molar-refractivity contribution in [1.82, 2.24) is 0 Å². The fraction of sp³-hybridized carbons (Fsp3) is 0. The fourth-order valence-corrected chi connectivity index (χ4v) is 0. The van der Waals surface area contributed by atoms with Crippen molar-refractivity contribution < 1.29 is 29.8 Å². The Morgan fingerprint density at radius 1 is 1.25 bits per heavy atom. The van der Waals surface area contributed by atoms with Gasteiger partial charge in [0.25, 0.3) is 0 Å². The molecule has 0 aromatic rings. The first-order valence-corrected chi connectivity index (χ1v) is 1.49. The maximum atomic E-state index is 8.36. The normalized spacial score (nSPS) is 0.750. The van der Waals surface area contributed by atoms with Gasteiger partial charge in [0.05, 0.1) is 0 Å². The van der Waals surface area contributed by atoms with E-state index in [0.29, 0.717) is 0 Å². The quantitative estimate of drug-likeness (QED) is 0.512. The molecular weight excluding hydrogens is 237 g/mol. The van der Waals surface area contributed by atoms with Crippen molar-refractivity contribution in [3.8, 4) is 0 Å². The monoisotopic (exact) mass is 239 g/mol. The molecule has 0 amide bonds. The molecule has 4 heteroatoms. The first-order chi connectivity index (χ1) is 1.00. The van der Waals surface area contributed by atoms with Crippen molar-refractivity contribution in [2.24, 2.45) is 0 Å². The van der Waals surface area contributed by atoms with Gasteiger partial charge in [-0.3, -0.25) is 0 Å². The van der Waals surface area contributed by atoms with Crippen LogP contribution in [0.3, 0.4) is 0 Å². The van der Waals surface area contributed by atoms with Gasteiger partial charge in [0.1, 0.15) is 0 Å². The molecule has 4 heavy (non-hydrogen) atoms. The molecule has 0 aliphatic carbocycles. The van der Waals surface area contributed by atoms with Gasteiger partial charge in [0.15, 0.2) is 0 Å². The van der Waals surface area contributed by atoms with Crippen LogP contribution < -0.4 is 0 Å². The molecule has 0 spiro atoms. The molecule has 0 aromatic carbocycles. The van der Waals surface area contributed by atoms with Crippen molar-refractivity contribution in [3.05, 3.63) is 0 Å². The van der Waals surface area contributed by atoms with Crippen LogP contribution in [-0.2, 0) is 24.3 Å². The molecule has 0 heterocycles. The zero-order chi connectivity index (χ0) is 2.00. The average Bonchev–Trinajstić information content (AvgIpc) is 1.00. The molecule has 0 aliphatic rings. The van der Waals surface area contributed by atoms with E-state index in [1.54, 1.807) is 0 Å². The van der Waals surface area contributed by atoms with E-state index in [-0.39, 0.29) is 49.6 Å². The van der Waals surface area contributed by atoms with Crippen LogP contribution in [0.15, 0.2) is 0 Å². The van der Waals surface area contributed by atoms with Crippen molar-refractivity contribution in [1.29, 1.82) is 0 Å². The summed E-state index contributed by atoms with van der Waals surface area (Å²) in [5.74, 6) is 0. The Hall–Kier alpha value is 1.27. The van der Waals surface area contributed by atoms with Crippen LogP contribution in [0, 0.1) is 0 Å². The second-order valence-corrected chi connectivity index (χ2v) is 0. The Morgan fingerprint density at radius 2 is 1.25 bits per heavy atom. The second kappa shape index (κ2) is 28.4. The number of hydrogen-bond acceptors (Lipinski definition) is 2. The molecule has 0 aliphatic heterocycles. The van der Waals surface area contributed by atoms with Crippen molar-refractivity contribution in [2.45, 2.75) is 0 Å². The zero-order valence-corrected chi connectivity index (χ0v) is 7.52. The van der Waals surface area contributed by atoms with Gasteiger partial charge in [-0.2, -0.15) is 0 Å². The van der Waals surface area contributed by atoms with E-state index in [0.717, 1.165) is 0 Å². The first-order valence-electron chi connectivity index (χ1n) is 0.183. The number of hydrogen-bond donors (Lipinski definition) is 0. The van der Waals surface area contributed by atoms with Crippen molar-refractivity contribution in [3.63, 3.8) is 0 Å². The van der Waals surface area contributed by atoms with Crippen LogP contribution in [0.2, 0.25) is 0 Å². The Labute approximate surface area is 52.7 Å². The average molecular weight is 239 g/mol. The second-order valence-electron chi connectivity index (χ2n) is 0. The molecule has 0 unspecified atom stereocenters. The van der Waals surface area contributed by atoms with Crippen molar-refractivity contribution in [2.75, 3.05) is 0 Å². The van der Waals surface area contributed by atoms with Gasteiger partial charge in [-0.25, -0.2) is 0 Å². The predicted octanol–water partition coefficient (Wildman–Crippen LogP) is -0.947. The standard InChI is InChI=1S/Mg.H2O.O.Ta.H/h;1H2;;;/q+1;;;;/p-1. The summed E-state index contributed by atoms with van der Waals surface area (Å²) in [6.45, 7) is 0. The molecule has 0 saturated heterocycles. The molecule has 0 bridgehead atoms. The molecule has 1 N–H and O–H groups in total. The van der Waals surface area contributed by atoms with Crippen LogP contribution in [0.1, 0.15) is 0 Å². The van der Waals surface area contributed by atoms with Crippen LogP contribution in [0.4, 0.5) is 0 Å². The number of rotatable bonds is 0. The SMILES string of the molecule is [MgH+].[OH-].[O]=[Ta]. The molecule has 2 nitrogen and oxygen atoms in total. The summed E-state index contributed by atoms with van der Waals surface area (Å²) < 4.78 is 8.36. The third-order valence-electron chi connectivity index (χ3n) is 0. The molecule has 21 valence electrons. The molecular formula is H2MgO2Ta. The van der Waals surface area contributed by atoms with Gasteiger partial charge in [-0.1, -0.05) is 0 Å². The summed E-state index contributed by atoms with van der Waals surface area (Å²) in [5, 5.41) is 0. The summed E-state index contributed by atoms with van der Waals surface area (Å²) in [6, 6.07) is 0. The maximum absolute atomic E-state index is 8.36. The zero-order valence-electron chi connectivity index (χ0n) is 2.30. The fourth-order valence-electron chi connectivity index (χ4n) is 0. The van der Waals surface area contributed by atoms with Gasteiger partial charge >= 0.3 is 47.3 Å². The van der Waals surface area contributed by atoms with Crippen LogP contribution in [-0.4, -0.2) is 28.5 Å². The van der Waals surface area contributed by atoms with E-state index in [1.807, 2.05) is 0 Å². The van der Waals surface area contributed by atoms with Gasteiger partial charge < -0.3 is 5.48 Å². The Bertz CT molecular complexity index is 6.00. The van der Waals surface area contributed by atoms with Gasteiger partial charge in [0, 0.05) is 0 Å². The summed E-state index contributed by atoms with van der Waals surface area (Å²) in [7, 11) is 0. The third kappa shape index (κ3) is 10.5. The topological polar surface area (TPSA) is 47.1 Å². The van der Waals surface area contributed by atoms with Crippen LogP contribution in [0.25, 0.3) is 0 Å². The van der Waals surface area contributed by atoms with E-state index in [1.165, 1.54) is 0 Å². The third-order valence-corrected chi connectivity index (χ3v) is 0. The van der Waals surface area contributed by atoms with Gasteiger partial charge in [-0.15, -0.1) is 0 Å². The summed E-state index contributed by atoms with van der Waals surface area (Å²) in [5.41, 5.74) is 0. The van der Waals surface area contributed by atoms with Crippen molar-refractivity contribution >= 4 is 23.1 Å². The molecule has 0 rings (SSSR count). The molecule has 0 aromatic heterocycles. The van der Waals surface area contributed by atoms with E-state index < -0.39 is 0 Å². The van der Waals surface area contributed by atoms with E-state index >= 15 is 0 Å². The molecule has 0 fully saturated rings. The summed E-state index contributed by atoms with van der Waals surface area (Å²) in [6.07, 6.45) is 0. The van der Waals surface area contributed by atoms with Gasteiger partial charge in [0.2, 0.25) is 0 Å². The minimum absolute atomic E-state index is 0. The molecule has 0 saturated carbocycles. The Balaban J connectivity index is -0.00000000500. The molecule has 0 atom stereocenters. The van der Waals surface area contributed by atoms with E-state index in [9.17, 15) is 0 Å². The predicted molar refractivity (Wildman–Crippen MR) is 9.77 cm³/mol. The minimum atomic E-state index is 0. The summed E-state index contributed by atoms with van der Waals surface area (Å²) >= 11 is 0.194. The molecule has 0 radical (unpaired) electrons. The van der Waals surface area contributed by atoms with Gasteiger partial charge in [-0.05, 0) is 0 Å². The Morgan fingerprint density at radius 3 is 1.25 bits per heavy atom. The van der Waals surface area contributed by atoms with E-state index in [2.05, 4.69) is 0 Å². The van der Waals surface area contributed by atoms with E-state index in [4.69, 9.17) is 3.25 Å². The van der Waals surface area contributed by atoms with Crippen LogP contribution in [0.5, 0.6) is 0 Å².